The Hall–Kier alpha value is -3.41. The SMILES string of the molecule is COc1cc(-c2ccc(COc3ccc4c(c3)[C@]3(CCC4)CC[C@H]3C(=O)O)cc2[C@@H]2CCCC2(C)C)c(F)cn1. The summed E-state index contributed by atoms with van der Waals surface area (Å²) in [5, 5.41) is 9.84. The number of ether oxygens (including phenoxy) is 2. The summed E-state index contributed by atoms with van der Waals surface area (Å²) >= 11 is 0. The van der Waals surface area contributed by atoms with E-state index in [-0.39, 0.29) is 22.6 Å². The van der Waals surface area contributed by atoms with Gasteiger partial charge in [0.15, 0.2) is 0 Å². The van der Waals surface area contributed by atoms with Gasteiger partial charge in [0, 0.05) is 17.0 Å². The fourth-order valence-corrected chi connectivity index (χ4v) is 7.72. The van der Waals surface area contributed by atoms with Crippen LogP contribution in [0.5, 0.6) is 11.6 Å². The summed E-state index contributed by atoms with van der Waals surface area (Å²) in [4.78, 5) is 16.0. The first kappa shape index (κ1) is 26.8. The lowest BCUT2D eigenvalue weighted by Gasteiger charge is -2.51. The van der Waals surface area contributed by atoms with Gasteiger partial charge in [0.1, 0.15) is 18.2 Å². The molecular formula is C34H38FNO4. The smallest absolute Gasteiger partial charge is 0.307 e. The molecule has 3 aliphatic carbocycles. The molecule has 210 valence electrons. The molecular weight excluding hydrogens is 505 g/mol. The van der Waals surface area contributed by atoms with Crippen LogP contribution in [0.2, 0.25) is 0 Å². The van der Waals surface area contributed by atoms with Crippen LogP contribution in [0.25, 0.3) is 11.1 Å². The molecule has 1 aromatic heterocycles. The maximum atomic E-state index is 15.1. The molecule has 0 unspecified atom stereocenters. The molecule has 2 saturated carbocycles. The summed E-state index contributed by atoms with van der Waals surface area (Å²) < 4.78 is 26.7. The lowest BCUT2D eigenvalue weighted by Crippen LogP contribution is -2.50. The predicted octanol–water partition coefficient (Wildman–Crippen LogP) is 7.84. The number of rotatable bonds is 7. The van der Waals surface area contributed by atoms with Crippen molar-refractivity contribution in [2.45, 2.75) is 83.2 Å². The second-order valence-electron chi connectivity index (χ2n) is 12.6. The zero-order valence-corrected chi connectivity index (χ0v) is 23.6. The van der Waals surface area contributed by atoms with E-state index in [2.05, 4.69) is 37.0 Å². The number of benzene rings is 2. The first-order valence-corrected chi connectivity index (χ1v) is 14.5. The molecule has 1 heterocycles. The highest BCUT2D eigenvalue weighted by Gasteiger charge is 2.53. The first-order valence-electron chi connectivity index (χ1n) is 14.5. The second kappa shape index (κ2) is 10.2. The van der Waals surface area contributed by atoms with Crippen LogP contribution in [0.4, 0.5) is 4.39 Å². The summed E-state index contributed by atoms with van der Waals surface area (Å²) in [6, 6.07) is 14.1. The van der Waals surface area contributed by atoms with Crippen molar-refractivity contribution in [2.75, 3.05) is 7.11 Å². The van der Waals surface area contributed by atoms with Crippen molar-refractivity contribution in [2.24, 2.45) is 11.3 Å². The van der Waals surface area contributed by atoms with E-state index in [1.54, 1.807) is 13.2 Å². The number of pyridine rings is 1. The Morgan fingerprint density at radius 3 is 2.60 bits per heavy atom. The Morgan fingerprint density at radius 1 is 1.05 bits per heavy atom. The highest BCUT2D eigenvalue weighted by molar-refractivity contribution is 5.75. The van der Waals surface area contributed by atoms with E-state index in [9.17, 15) is 9.90 Å². The van der Waals surface area contributed by atoms with Crippen molar-refractivity contribution in [3.63, 3.8) is 0 Å². The number of hydrogen-bond acceptors (Lipinski definition) is 4. The van der Waals surface area contributed by atoms with Gasteiger partial charge in [-0.25, -0.2) is 9.37 Å². The number of hydrogen-bond donors (Lipinski definition) is 1. The van der Waals surface area contributed by atoms with Gasteiger partial charge in [0.25, 0.3) is 0 Å². The number of aryl methyl sites for hydroxylation is 1. The van der Waals surface area contributed by atoms with Crippen LogP contribution in [0.1, 0.15) is 87.0 Å². The maximum absolute atomic E-state index is 15.1. The number of carboxylic acid groups (broad SMARTS) is 1. The summed E-state index contributed by atoms with van der Waals surface area (Å²) in [5.41, 5.74) is 5.83. The summed E-state index contributed by atoms with van der Waals surface area (Å²) in [7, 11) is 1.54. The van der Waals surface area contributed by atoms with Gasteiger partial charge in [0.2, 0.25) is 5.88 Å². The molecule has 6 heteroatoms. The van der Waals surface area contributed by atoms with E-state index in [4.69, 9.17) is 9.47 Å². The van der Waals surface area contributed by atoms with Crippen LogP contribution >= 0.6 is 0 Å². The maximum Gasteiger partial charge on any atom is 0.307 e. The number of fused-ring (bicyclic) bond motifs is 2. The lowest BCUT2D eigenvalue weighted by molar-refractivity contribution is -0.150. The fourth-order valence-electron chi connectivity index (χ4n) is 7.72. The van der Waals surface area contributed by atoms with Crippen LogP contribution in [-0.4, -0.2) is 23.2 Å². The van der Waals surface area contributed by atoms with Gasteiger partial charge in [-0.1, -0.05) is 44.5 Å². The van der Waals surface area contributed by atoms with Crippen LogP contribution < -0.4 is 9.47 Å². The van der Waals surface area contributed by atoms with Crippen LogP contribution in [-0.2, 0) is 23.2 Å². The number of aromatic nitrogens is 1. The molecule has 0 bridgehead atoms. The Bertz CT molecular complexity index is 1450. The molecule has 6 rings (SSSR count). The molecule has 1 spiro atoms. The van der Waals surface area contributed by atoms with Crippen LogP contribution in [0, 0.1) is 17.2 Å². The molecule has 0 saturated heterocycles. The summed E-state index contributed by atoms with van der Waals surface area (Å²) in [5.74, 6) is 0.113. The van der Waals surface area contributed by atoms with Crippen molar-refractivity contribution in [1.29, 1.82) is 0 Å². The zero-order valence-electron chi connectivity index (χ0n) is 23.6. The van der Waals surface area contributed by atoms with Gasteiger partial charge >= 0.3 is 5.97 Å². The van der Waals surface area contributed by atoms with Gasteiger partial charge in [0.05, 0.1) is 19.2 Å². The van der Waals surface area contributed by atoms with Crippen molar-refractivity contribution < 1.29 is 23.8 Å². The number of aliphatic carboxylic acids is 1. The number of carbonyl (C=O) groups is 1. The van der Waals surface area contributed by atoms with Gasteiger partial charge < -0.3 is 14.6 Å². The van der Waals surface area contributed by atoms with Crippen molar-refractivity contribution >= 4 is 5.97 Å². The summed E-state index contributed by atoms with van der Waals surface area (Å²) in [6.07, 6.45) is 9.20. The van der Waals surface area contributed by atoms with Gasteiger partial charge in [-0.3, -0.25) is 4.79 Å². The fraction of sp³-hybridized carbons (Fsp3) is 0.471. The average Bonchev–Trinajstić information content (AvgIpc) is 3.29. The molecule has 3 aromatic rings. The molecule has 1 N–H and O–H groups in total. The largest absolute Gasteiger partial charge is 0.489 e. The molecule has 3 aliphatic rings. The number of nitrogens with zero attached hydrogens (tertiary/aromatic N) is 1. The highest BCUT2D eigenvalue weighted by Crippen LogP contribution is 2.56. The Balaban J connectivity index is 1.31. The monoisotopic (exact) mass is 543 g/mol. The lowest BCUT2D eigenvalue weighted by atomic mass is 9.52. The topological polar surface area (TPSA) is 68.7 Å². The second-order valence-corrected chi connectivity index (χ2v) is 12.6. The van der Waals surface area contributed by atoms with Gasteiger partial charge in [-0.2, -0.15) is 0 Å². The van der Waals surface area contributed by atoms with Crippen molar-refractivity contribution in [1.82, 2.24) is 4.98 Å². The Labute approximate surface area is 235 Å². The third-order valence-corrected chi connectivity index (χ3v) is 10.0. The van der Waals surface area contributed by atoms with E-state index in [0.29, 0.717) is 24.0 Å². The minimum atomic E-state index is -0.684. The average molecular weight is 544 g/mol. The molecule has 0 radical (unpaired) electrons. The van der Waals surface area contributed by atoms with E-state index >= 15 is 4.39 Å². The van der Waals surface area contributed by atoms with Crippen molar-refractivity contribution in [3.8, 4) is 22.8 Å². The quantitative estimate of drug-likeness (QED) is 0.329. The molecule has 5 nitrogen and oxygen atoms in total. The third-order valence-electron chi connectivity index (χ3n) is 10.0. The molecule has 2 fully saturated rings. The highest BCUT2D eigenvalue weighted by atomic mass is 19.1. The standard InChI is InChI=1S/C34H38FNO4/c1-33(2)13-5-7-27(33)25-16-21(8-11-24(25)26-18-31(39-3)36-19-30(26)35)20-40-23-10-9-22-6-4-14-34(29(22)17-23)15-12-28(34)32(37)38/h8-11,16-19,27-28H,4-7,12-15,20H2,1-3H3,(H,37,38)/t27-,28-,34+/m0/s1. The summed E-state index contributed by atoms with van der Waals surface area (Å²) in [6.45, 7) is 4.99. The van der Waals surface area contributed by atoms with Crippen LogP contribution in [0.15, 0.2) is 48.7 Å². The molecule has 2 aromatic carbocycles. The van der Waals surface area contributed by atoms with Crippen LogP contribution in [0.3, 0.4) is 0 Å². The zero-order chi connectivity index (χ0) is 28.1. The first-order chi connectivity index (χ1) is 19.2. The predicted molar refractivity (Wildman–Crippen MR) is 152 cm³/mol. The van der Waals surface area contributed by atoms with Gasteiger partial charge in [-0.15, -0.1) is 0 Å². The Kier molecular flexibility index (Phi) is 6.84. The third kappa shape index (κ3) is 4.55. The molecule has 0 amide bonds. The van der Waals surface area contributed by atoms with E-state index in [1.165, 1.54) is 17.3 Å². The Morgan fingerprint density at radius 2 is 1.90 bits per heavy atom. The van der Waals surface area contributed by atoms with E-state index < -0.39 is 5.97 Å². The van der Waals surface area contributed by atoms with Crippen molar-refractivity contribution in [3.05, 3.63) is 76.7 Å². The van der Waals surface area contributed by atoms with Gasteiger partial charge in [-0.05, 0) is 96.2 Å². The van der Waals surface area contributed by atoms with E-state index in [0.717, 1.165) is 73.8 Å². The van der Waals surface area contributed by atoms with E-state index in [1.807, 2.05) is 18.2 Å². The number of methoxy groups -OCH3 is 1. The number of carboxylic acids is 1. The number of halogens is 1. The normalized spacial score (nSPS) is 24.8. The molecule has 3 atom stereocenters. The minimum absolute atomic E-state index is 0.109. The minimum Gasteiger partial charge on any atom is -0.489 e. The molecule has 0 aliphatic heterocycles. The molecule has 40 heavy (non-hydrogen) atoms.